The zero-order valence-electron chi connectivity index (χ0n) is 12.0. The first-order valence-electron chi connectivity index (χ1n) is 6.37. The van der Waals surface area contributed by atoms with Gasteiger partial charge in [-0.3, -0.25) is 9.59 Å². The number of amides is 1. The van der Waals surface area contributed by atoms with Crippen LogP contribution in [-0.4, -0.2) is 29.7 Å². The minimum absolute atomic E-state index is 0.0262. The van der Waals surface area contributed by atoms with Crippen LogP contribution >= 0.6 is 23.1 Å². The molecule has 0 bridgehead atoms. The zero-order valence-corrected chi connectivity index (χ0v) is 13.6. The summed E-state index contributed by atoms with van der Waals surface area (Å²) in [4.78, 5) is 27.2. The summed E-state index contributed by atoms with van der Waals surface area (Å²) in [6.45, 7) is 0. The molecule has 0 aliphatic rings. The molecule has 0 saturated heterocycles. The van der Waals surface area contributed by atoms with Gasteiger partial charge >= 0.3 is 5.97 Å². The molecular weight excluding hydrogens is 346 g/mol. The fourth-order valence-corrected chi connectivity index (χ4v) is 3.00. The summed E-state index contributed by atoms with van der Waals surface area (Å²) < 4.78 is 30.7. The van der Waals surface area contributed by atoms with E-state index in [-0.39, 0.29) is 23.0 Å². The van der Waals surface area contributed by atoms with Crippen molar-refractivity contribution < 1.29 is 23.1 Å². The van der Waals surface area contributed by atoms with Gasteiger partial charge < -0.3 is 10.1 Å². The quantitative estimate of drug-likeness (QED) is 0.635. The van der Waals surface area contributed by atoms with E-state index in [1.54, 1.807) is 5.38 Å². The molecule has 1 aromatic carbocycles. The lowest BCUT2D eigenvalue weighted by Gasteiger charge is -2.03. The molecule has 5 nitrogen and oxygen atoms in total. The van der Waals surface area contributed by atoms with E-state index in [2.05, 4.69) is 15.0 Å². The van der Waals surface area contributed by atoms with Gasteiger partial charge in [-0.2, -0.15) is 0 Å². The van der Waals surface area contributed by atoms with Crippen molar-refractivity contribution >= 4 is 40.1 Å². The Morgan fingerprint density at radius 1 is 1.39 bits per heavy atom. The van der Waals surface area contributed by atoms with Gasteiger partial charge in [0.1, 0.15) is 11.6 Å². The Hall–Kier alpha value is -2.00. The average molecular weight is 358 g/mol. The van der Waals surface area contributed by atoms with Crippen LogP contribution in [0.3, 0.4) is 0 Å². The number of ether oxygens (including phenoxy) is 1. The minimum atomic E-state index is -0.711. The molecular formula is C14H12F2N2O3S2. The second-order valence-electron chi connectivity index (χ2n) is 4.31. The molecule has 0 atom stereocenters. The van der Waals surface area contributed by atoms with Crippen molar-refractivity contribution in [2.45, 2.75) is 11.3 Å². The van der Waals surface area contributed by atoms with Crippen LogP contribution in [0.25, 0.3) is 0 Å². The summed E-state index contributed by atoms with van der Waals surface area (Å²) in [6.07, 6.45) is 0.0262. The Balaban J connectivity index is 1.86. The lowest BCUT2D eigenvalue weighted by molar-refractivity contribution is -0.139. The van der Waals surface area contributed by atoms with Crippen LogP contribution < -0.4 is 5.32 Å². The van der Waals surface area contributed by atoms with Gasteiger partial charge in [0.05, 0.1) is 25.0 Å². The molecule has 0 aliphatic carbocycles. The second kappa shape index (κ2) is 8.02. The Labute approximate surface area is 139 Å². The van der Waals surface area contributed by atoms with Crippen LogP contribution in [0.5, 0.6) is 0 Å². The van der Waals surface area contributed by atoms with Crippen LogP contribution in [0, 0.1) is 11.6 Å². The van der Waals surface area contributed by atoms with Crippen molar-refractivity contribution in [3.05, 3.63) is 40.9 Å². The molecule has 0 aliphatic heterocycles. The maximum Gasteiger partial charge on any atom is 0.311 e. The van der Waals surface area contributed by atoms with Gasteiger partial charge in [-0.1, -0.05) is 0 Å². The molecule has 23 heavy (non-hydrogen) atoms. The van der Waals surface area contributed by atoms with Gasteiger partial charge in [-0.15, -0.1) is 23.1 Å². The fraction of sp³-hybridized carbons (Fsp3) is 0.214. The summed E-state index contributed by atoms with van der Waals surface area (Å²) in [7, 11) is 1.28. The molecule has 1 aromatic heterocycles. The molecule has 0 radical (unpaired) electrons. The monoisotopic (exact) mass is 358 g/mol. The highest BCUT2D eigenvalue weighted by Crippen LogP contribution is 2.23. The number of hydrogen-bond donors (Lipinski definition) is 1. The van der Waals surface area contributed by atoms with Crippen LogP contribution in [0.1, 0.15) is 5.69 Å². The van der Waals surface area contributed by atoms with E-state index in [9.17, 15) is 18.4 Å². The number of methoxy groups -OCH3 is 1. The molecule has 2 aromatic rings. The van der Waals surface area contributed by atoms with Crippen molar-refractivity contribution in [1.29, 1.82) is 0 Å². The first-order valence-corrected chi connectivity index (χ1v) is 8.23. The molecule has 9 heteroatoms. The third-order valence-corrected chi connectivity index (χ3v) is 4.46. The highest BCUT2D eigenvalue weighted by Gasteiger charge is 2.11. The average Bonchev–Trinajstić information content (AvgIpc) is 2.93. The van der Waals surface area contributed by atoms with Crippen LogP contribution in [0.2, 0.25) is 0 Å². The molecule has 1 heterocycles. The molecule has 0 fully saturated rings. The van der Waals surface area contributed by atoms with Crippen molar-refractivity contribution in [3.63, 3.8) is 0 Å². The highest BCUT2D eigenvalue weighted by molar-refractivity contribution is 8.00. The number of nitrogens with one attached hydrogen (secondary N) is 1. The fourth-order valence-electron chi connectivity index (χ4n) is 1.56. The summed E-state index contributed by atoms with van der Waals surface area (Å²) >= 11 is 2.13. The number of benzene rings is 1. The van der Waals surface area contributed by atoms with Gasteiger partial charge in [-0.25, -0.2) is 13.8 Å². The SMILES string of the molecule is COC(=O)Cc1csc(NC(=O)CSc2ccc(F)cc2F)n1. The highest BCUT2D eigenvalue weighted by atomic mass is 32.2. The van der Waals surface area contributed by atoms with Crippen molar-refractivity contribution in [2.24, 2.45) is 0 Å². The third-order valence-electron chi connectivity index (χ3n) is 2.60. The lowest BCUT2D eigenvalue weighted by atomic mass is 10.3. The number of thioether (sulfide) groups is 1. The Bertz CT molecular complexity index is 722. The van der Waals surface area contributed by atoms with E-state index in [0.29, 0.717) is 10.8 Å². The molecule has 2 rings (SSSR count). The van der Waals surface area contributed by atoms with Crippen LogP contribution in [0.4, 0.5) is 13.9 Å². The molecule has 0 saturated carbocycles. The van der Waals surface area contributed by atoms with E-state index in [1.165, 1.54) is 24.5 Å². The van der Waals surface area contributed by atoms with Gasteiger partial charge in [0.25, 0.3) is 0 Å². The number of carbonyl (C=O) groups is 2. The number of rotatable bonds is 6. The maximum atomic E-state index is 13.4. The Kier molecular flexibility index (Phi) is 6.05. The topological polar surface area (TPSA) is 68.3 Å². The van der Waals surface area contributed by atoms with Crippen molar-refractivity contribution in [2.75, 3.05) is 18.2 Å². The summed E-state index contributed by atoms with van der Waals surface area (Å²) in [5.41, 5.74) is 0.495. The lowest BCUT2D eigenvalue weighted by Crippen LogP contribution is -2.14. The molecule has 0 unspecified atom stereocenters. The van der Waals surface area contributed by atoms with Crippen molar-refractivity contribution in [3.8, 4) is 0 Å². The number of esters is 1. The predicted octanol–water partition coefficient (Wildman–Crippen LogP) is 2.87. The molecule has 122 valence electrons. The zero-order chi connectivity index (χ0) is 16.8. The van der Waals surface area contributed by atoms with E-state index in [0.717, 1.165) is 23.9 Å². The summed E-state index contributed by atoms with van der Waals surface area (Å²) in [5.74, 6) is -2.23. The van der Waals surface area contributed by atoms with Gasteiger partial charge in [0.2, 0.25) is 5.91 Å². The van der Waals surface area contributed by atoms with E-state index >= 15 is 0 Å². The number of halogens is 2. The van der Waals surface area contributed by atoms with Gasteiger partial charge in [0, 0.05) is 16.3 Å². The van der Waals surface area contributed by atoms with Gasteiger partial charge in [0.15, 0.2) is 5.13 Å². The van der Waals surface area contributed by atoms with E-state index < -0.39 is 17.6 Å². The first kappa shape index (κ1) is 17.4. The van der Waals surface area contributed by atoms with Crippen molar-refractivity contribution in [1.82, 2.24) is 4.98 Å². The molecule has 0 spiro atoms. The summed E-state index contributed by atoms with van der Waals surface area (Å²) in [6, 6.07) is 3.17. The predicted molar refractivity (Wildman–Crippen MR) is 83.5 cm³/mol. The minimum Gasteiger partial charge on any atom is -0.469 e. The molecule has 1 amide bonds. The smallest absolute Gasteiger partial charge is 0.311 e. The van der Waals surface area contributed by atoms with Crippen LogP contribution in [0.15, 0.2) is 28.5 Å². The number of aromatic nitrogens is 1. The van der Waals surface area contributed by atoms with E-state index in [4.69, 9.17) is 0 Å². The number of nitrogens with zero attached hydrogens (tertiary/aromatic N) is 1. The Morgan fingerprint density at radius 3 is 2.87 bits per heavy atom. The third kappa shape index (κ3) is 5.29. The normalized spacial score (nSPS) is 10.4. The second-order valence-corrected chi connectivity index (χ2v) is 6.18. The maximum absolute atomic E-state index is 13.4. The first-order chi connectivity index (χ1) is 11.0. The van der Waals surface area contributed by atoms with Gasteiger partial charge in [-0.05, 0) is 12.1 Å². The molecule has 1 N–H and O–H groups in total. The largest absolute Gasteiger partial charge is 0.469 e. The van der Waals surface area contributed by atoms with Crippen LogP contribution in [-0.2, 0) is 20.7 Å². The standard InChI is InChI=1S/C14H12F2N2O3S2/c1-21-13(20)5-9-6-23-14(17-9)18-12(19)7-22-11-3-2-8(15)4-10(11)16/h2-4,6H,5,7H2,1H3,(H,17,18,19). The summed E-state index contributed by atoms with van der Waals surface area (Å²) in [5, 5.41) is 4.53. The number of thiazole rings is 1. The number of hydrogen-bond acceptors (Lipinski definition) is 6. The Morgan fingerprint density at radius 2 is 2.17 bits per heavy atom. The number of anilines is 1. The number of carbonyl (C=O) groups excluding carboxylic acids is 2. The van der Waals surface area contributed by atoms with E-state index in [1.807, 2.05) is 0 Å².